The number of aromatic amines is 1. The second-order valence-corrected chi connectivity index (χ2v) is 5.13. The summed E-state index contributed by atoms with van der Waals surface area (Å²) in [6.07, 6.45) is 6.31. The summed E-state index contributed by atoms with van der Waals surface area (Å²) < 4.78 is 0. The second-order valence-electron chi connectivity index (χ2n) is 5.13. The molecule has 1 amide bonds. The molecule has 0 aliphatic carbocycles. The highest BCUT2D eigenvalue weighted by molar-refractivity contribution is 5.92. The van der Waals surface area contributed by atoms with Crippen molar-refractivity contribution in [1.82, 2.24) is 14.9 Å². The number of hydrogen-bond donors (Lipinski definition) is 2. The molecule has 6 nitrogen and oxygen atoms in total. The third-order valence-electron chi connectivity index (χ3n) is 3.90. The van der Waals surface area contributed by atoms with E-state index < -0.39 is 0 Å². The largest absolute Gasteiger partial charge is 0.331 e. The summed E-state index contributed by atoms with van der Waals surface area (Å²) in [5, 5.41) is 0. The fraction of sp³-hybridized carbons (Fsp3) is 0.583. The van der Waals surface area contributed by atoms with Crippen molar-refractivity contribution < 1.29 is 4.79 Å². The first-order chi connectivity index (χ1) is 8.65. The topological polar surface area (TPSA) is 92.1 Å². The van der Waals surface area contributed by atoms with Crippen molar-refractivity contribution in [2.45, 2.75) is 43.8 Å². The van der Waals surface area contributed by atoms with Crippen LogP contribution in [-0.4, -0.2) is 38.9 Å². The van der Waals surface area contributed by atoms with E-state index >= 15 is 0 Å². The minimum absolute atomic E-state index is 0.0920. The molecule has 0 radical (unpaired) electrons. The number of rotatable bonds is 1. The Morgan fingerprint density at radius 3 is 2.61 bits per heavy atom. The van der Waals surface area contributed by atoms with Gasteiger partial charge in [0.2, 0.25) is 0 Å². The number of hydrogen-bond acceptors (Lipinski definition) is 4. The van der Waals surface area contributed by atoms with Crippen LogP contribution in [0, 0.1) is 0 Å². The van der Waals surface area contributed by atoms with Crippen molar-refractivity contribution in [1.29, 1.82) is 0 Å². The molecule has 3 heterocycles. The Balaban J connectivity index is 1.85. The van der Waals surface area contributed by atoms with Gasteiger partial charge >= 0.3 is 0 Å². The highest BCUT2D eigenvalue weighted by atomic mass is 16.2. The average Bonchev–Trinajstić information content (AvgIpc) is 2.62. The smallest absolute Gasteiger partial charge is 0.274 e. The molecule has 3 rings (SSSR count). The van der Waals surface area contributed by atoms with Gasteiger partial charge in [0.05, 0.1) is 6.20 Å². The summed E-state index contributed by atoms with van der Waals surface area (Å²) >= 11 is 0. The van der Waals surface area contributed by atoms with Crippen LogP contribution in [0.15, 0.2) is 17.2 Å². The molecular formula is C12H16N4O2. The highest BCUT2D eigenvalue weighted by Crippen LogP contribution is 2.35. The minimum Gasteiger partial charge on any atom is -0.331 e. The number of H-pyrrole nitrogens is 1. The number of amides is 1. The molecule has 0 aromatic carbocycles. The number of piperidine rings is 1. The van der Waals surface area contributed by atoms with Crippen LogP contribution >= 0.6 is 0 Å². The standard InChI is InChI=1S/C12H16N4O2/c13-7-3-8-1-2-9(4-7)16(8)12(18)10-5-15-11(17)6-14-10/h5-9H,1-4,13H2,(H,15,17). The van der Waals surface area contributed by atoms with Crippen LogP contribution in [0.5, 0.6) is 0 Å². The highest BCUT2D eigenvalue weighted by Gasteiger charge is 2.42. The lowest BCUT2D eigenvalue weighted by molar-refractivity contribution is 0.0568. The Hall–Kier alpha value is -1.69. The van der Waals surface area contributed by atoms with E-state index in [1.807, 2.05) is 4.90 Å². The number of nitrogens with one attached hydrogen (secondary N) is 1. The van der Waals surface area contributed by atoms with Gasteiger partial charge in [-0.3, -0.25) is 9.59 Å². The van der Waals surface area contributed by atoms with Crippen LogP contribution in [0.25, 0.3) is 0 Å². The molecule has 2 unspecified atom stereocenters. The molecule has 1 aromatic heterocycles. The number of carbonyl (C=O) groups is 1. The van der Waals surface area contributed by atoms with Crippen LogP contribution in [0.4, 0.5) is 0 Å². The van der Waals surface area contributed by atoms with E-state index in [0.717, 1.165) is 31.9 Å². The van der Waals surface area contributed by atoms with Crippen LogP contribution in [0.3, 0.4) is 0 Å². The molecule has 1 aromatic rings. The molecule has 6 heteroatoms. The first kappa shape index (κ1) is 11.4. The second kappa shape index (κ2) is 4.20. The van der Waals surface area contributed by atoms with Gasteiger partial charge in [0.15, 0.2) is 0 Å². The number of fused-ring (bicyclic) bond motifs is 2. The third-order valence-corrected chi connectivity index (χ3v) is 3.90. The monoisotopic (exact) mass is 248 g/mol. The summed E-state index contributed by atoms with van der Waals surface area (Å²) in [7, 11) is 0. The fourth-order valence-corrected chi connectivity index (χ4v) is 3.14. The van der Waals surface area contributed by atoms with Crippen molar-refractivity contribution in [3.8, 4) is 0 Å². The first-order valence-corrected chi connectivity index (χ1v) is 6.28. The van der Waals surface area contributed by atoms with Gasteiger partial charge in [-0.15, -0.1) is 0 Å². The lowest BCUT2D eigenvalue weighted by Gasteiger charge is -2.37. The summed E-state index contributed by atoms with van der Waals surface area (Å²) in [6, 6.07) is 0.676. The maximum atomic E-state index is 12.4. The lowest BCUT2D eigenvalue weighted by Crippen LogP contribution is -2.50. The first-order valence-electron chi connectivity index (χ1n) is 6.28. The molecule has 3 N–H and O–H groups in total. The maximum Gasteiger partial charge on any atom is 0.274 e. The molecule has 2 aliphatic heterocycles. The average molecular weight is 248 g/mol. The van der Waals surface area contributed by atoms with E-state index in [4.69, 9.17) is 5.73 Å². The van der Waals surface area contributed by atoms with Crippen LogP contribution in [0.1, 0.15) is 36.2 Å². The van der Waals surface area contributed by atoms with E-state index in [1.165, 1.54) is 6.20 Å². The Morgan fingerprint density at radius 1 is 1.39 bits per heavy atom. The molecule has 2 saturated heterocycles. The summed E-state index contributed by atoms with van der Waals surface area (Å²) in [5.41, 5.74) is 5.99. The van der Waals surface area contributed by atoms with E-state index in [0.29, 0.717) is 5.69 Å². The number of nitrogens with two attached hydrogens (primary N) is 1. The molecule has 2 aliphatic rings. The Bertz CT molecular complexity index is 493. The fourth-order valence-electron chi connectivity index (χ4n) is 3.14. The zero-order valence-corrected chi connectivity index (χ0v) is 10.0. The number of carbonyl (C=O) groups excluding carboxylic acids is 1. The van der Waals surface area contributed by atoms with Gasteiger partial charge in [-0.1, -0.05) is 0 Å². The Kier molecular flexibility index (Phi) is 2.66. The summed E-state index contributed by atoms with van der Waals surface area (Å²) in [4.78, 5) is 31.6. The normalized spacial score (nSPS) is 30.5. The van der Waals surface area contributed by atoms with Gasteiger partial charge in [-0.05, 0) is 25.7 Å². The van der Waals surface area contributed by atoms with Crippen LogP contribution < -0.4 is 11.3 Å². The maximum absolute atomic E-state index is 12.4. The van der Waals surface area contributed by atoms with E-state index in [-0.39, 0.29) is 29.6 Å². The van der Waals surface area contributed by atoms with Gasteiger partial charge < -0.3 is 15.6 Å². The van der Waals surface area contributed by atoms with Gasteiger partial charge in [0.1, 0.15) is 5.69 Å². The Morgan fingerprint density at radius 2 is 2.06 bits per heavy atom. The molecule has 2 bridgehead atoms. The summed E-state index contributed by atoms with van der Waals surface area (Å²) in [5.74, 6) is -0.0920. The molecule has 96 valence electrons. The van der Waals surface area contributed by atoms with Crippen LogP contribution in [0.2, 0.25) is 0 Å². The summed E-state index contributed by atoms with van der Waals surface area (Å²) in [6.45, 7) is 0. The Labute approximate surface area is 104 Å². The zero-order valence-electron chi connectivity index (χ0n) is 10.0. The third kappa shape index (κ3) is 1.82. The SMILES string of the molecule is NC1CC2CCC(C1)N2C(=O)c1c[nH]c(=O)cn1. The molecule has 2 fully saturated rings. The quantitative estimate of drug-likeness (QED) is 0.723. The molecule has 0 saturated carbocycles. The van der Waals surface area contributed by atoms with Gasteiger partial charge in [0.25, 0.3) is 11.5 Å². The minimum atomic E-state index is -0.296. The number of nitrogens with zero attached hydrogens (tertiary/aromatic N) is 2. The predicted octanol–water partition coefficient (Wildman–Crippen LogP) is -0.136. The van der Waals surface area contributed by atoms with E-state index in [9.17, 15) is 9.59 Å². The van der Waals surface area contributed by atoms with Crippen molar-refractivity contribution in [2.24, 2.45) is 5.73 Å². The molecular weight excluding hydrogens is 232 g/mol. The van der Waals surface area contributed by atoms with E-state index in [2.05, 4.69) is 9.97 Å². The molecule has 2 atom stereocenters. The van der Waals surface area contributed by atoms with Gasteiger partial charge in [-0.2, -0.15) is 0 Å². The van der Waals surface area contributed by atoms with Crippen molar-refractivity contribution in [2.75, 3.05) is 0 Å². The molecule has 18 heavy (non-hydrogen) atoms. The van der Waals surface area contributed by atoms with Crippen molar-refractivity contribution in [3.63, 3.8) is 0 Å². The molecule has 0 spiro atoms. The lowest BCUT2D eigenvalue weighted by atomic mass is 9.98. The van der Waals surface area contributed by atoms with Gasteiger partial charge in [-0.25, -0.2) is 4.98 Å². The van der Waals surface area contributed by atoms with Gasteiger partial charge in [0, 0.05) is 24.3 Å². The van der Waals surface area contributed by atoms with E-state index in [1.54, 1.807) is 0 Å². The van der Waals surface area contributed by atoms with Crippen molar-refractivity contribution >= 4 is 5.91 Å². The number of aromatic nitrogens is 2. The zero-order chi connectivity index (χ0) is 12.7. The van der Waals surface area contributed by atoms with Crippen LogP contribution in [-0.2, 0) is 0 Å². The predicted molar refractivity (Wildman–Crippen MR) is 65.0 cm³/mol. The van der Waals surface area contributed by atoms with Crippen molar-refractivity contribution in [3.05, 3.63) is 28.4 Å².